The lowest BCUT2D eigenvalue weighted by atomic mass is 9.80. The van der Waals surface area contributed by atoms with Gasteiger partial charge in [-0.15, -0.1) is 11.3 Å². The lowest BCUT2D eigenvalue weighted by Crippen LogP contribution is -2.22. The second-order valence-corrected chi connectivity index (χ2v) is 12.1. The molecule has 1 atom stereocenters. The smallest absolute Gasteiger partial charge is 0.250 e. The number of rotatable bonds is 9. The Labute approximate surface area is 258 Å². The van der Waals surface area contributed by atoms with Crippen molar-refractivity contribution in [1.82, 2.24) is 10.4 Å². The summed E-state index contributed by atoms with van der Waals surface area (Å²) in [4.78, 5) is 17.4. The van der Waals surface area contributed by atoms with Gasteiger partial charge in [-0.3, -0.25) is 4.79 Å². The molecule has 0 saturated carbocycles. The van der Waals surface area contributed by atoms with Crippen molar-refractivity contribution in [2.45, 2.75) is 17.2 Å². The van der Waals surface area contributed by atoms with Crippen molar-refractivity contribution >= 4 is 51.2 Å². The van der Waals surface area contributed by atoms with Crippen LogP contribution in [0.25, 0.3) is 16.0 Å². The number of carbonyl (C=O) groups excluding carboxylic acids is 1. The molecule has 1 aromatic heterocycles. The number of hydrazone groups is 1. The molecule has 1 aliphatic heterocycles. The maximum absolute atomic E-state index is 12.8. The van der Waals surface area contributed by atoms with Crippen LogP contribution in [0.3, 0.4) is 0 Å². The Morgan fingerprint density at radius 2 is 1.72 bits per heavy atom. The summed E-state index contributed by atoms with van der Waals surface area (Å²) in [6, 6.07) is 29.9. The normalized spacial score (nSPS) is 14.4. The van der Waals surface area contributed by atoms with Gasteiger partial charge in [-0.05, 0) is 54.4 Å². The van der Waals surface area contributed by atoms with Gasteiger partial charge in [0.15, 0.2) is 15.8 Å². The number of allylic oxidation sites excluding steroid dienone is 1. The topological polar surface area (TPSA) is 82.0 Å². The van der Waals surface area contributed by atoms with Crippen molar-refractivity contribution in [3.63, 3.8) is 0 Å². The Hall–Kier alpha value is -4.60. The van der Waals surface area contributed by atoms with Gasteiger partial charge in [0, 0.05) is 22.6 Å². The van der Waals surface area contributed by atoms with Crippen LogP contribution < -0.4 is 19.6 Å². The van der Waals surface area contributed by atoms with Gasteiger partial charge in [-0.2, -0.15) is 5.10 Å². The molecule has 0 spiro atoms. The number of hydrogen-bond donors (Lipinski definition) is 1. The summed E-state index contributed by atoms with van der Waals surface area (Å²) in [7, 11) is 3.21. The molecular weight excluding hydrogens is 579 g/mol. The van der Waals surface area contributed by atoms with E-state index in [4.69, 9.17) is 14.2 Å². The number of amides is 1. The maximum Gasteiger partial charge on any atom is 0.250 e. The zero-order chi connectivity index (χ0) is 29.8. The van der Waals surface area contributed by atoms with Crippen molar-refractivity contribution in [3.8, 4) is 17.2 Å². The van der Waals surface area contributed by atoms with E-state index in [2.05, 4.69) is 40.6 Å². The van der Waals surface area contributed by atoms with E-state index in [0.29, 0.717) is 17.3 Å². The van der Waals surface area contributed by atoms with Crippen LogP contribution in [0.2, 0.25) is 0 Å². The predicted octanol–water partition coefficient (Wildman–Crippen LogP) is 7.45. The van der Waals surface area contributed by atoms with Gasteiger partial charge in [-0.1, -0.05) is 66.4 Å². The number of aromatic nitrogens is 1. The molecule has 4 aromatic carbocycles. The Kier molecular flexibility index (Phi) is 8.44. The molecule has 7 nitrogen and oxygen atoms in total. The molecule has 6 rings (SSSR count). The van der Waals surface area contributed by atoms with Gasteiger partial charge in [0.1, 0.15) is 11.5 Å². The van der Waals surface area contributed by atoms with Crippen LogP contribution in [0.5, 0.6) is 17.2 Å². The molecule has 1 N–H and O–H groups in total. The first kappa shape index (κ1) is 28.5. The van der Waals surface area contributed by atoms with Gasteiger partial charge in [-0.25, -0.2) is 10.4 Å². The summed E-state index contributed by atoms with van der Waals surface area (Å²) in [5, 5.41) is 4.43. The lowest BCUT2D eigenvalue weighted by Gasteiger charge is -2.30. The van der Waals surface area contributed by atoms with E-state index in [0.717, 1.165) is 48.1 Å². The summed E-state index contributed by atoms with van der Waals surface area (Å²) in [5.41, 5.74) is 8.52. The number of para-hydroxylation sites is 2. The fourth-order valence-corrected chi connectivity index (χ4v) is 6.97. The summed E-state index contributed by atoms with van der Waals surface area (Å²) in [6.07, 6.45) is 1.69. The van der Waals surface area contributed by atoms with Gasteiger partial charge in [0.05, 0.1) is 36.4 Å². The highest BCUT2D eigenvalue weighted by Gasteiger charge is 2.32. The average molecular weight is 608 g/mol. The van der Waals surface area contributed by atoms with E-state index < -0.39 is 0 Å². The van der Waals surface area contributed by atoms with E-state index in [9.17, 15) is 4.79 Å². The van der Waals surface area contributed by atoms with Crippen molar-refractivity contribution in [3.05, 3.63) is 119 Å². The number of thiazole rings is 1. The van der Waals surface area contributed by atoms with Crippen LogP contribution >= 0.6 is 23.1 Å². The van der Waals surface area contributed by atoms with Gasteiger partial charge >= 0.3 is 0 Å². The van der Waals surface area contributed by atoms with Crippen LogP contribution in [0.1, 0.15) is 28.2 Å². The number of nitrogens with zero attached hydrogens (tertiary/aromatic N) is 2. The number of carbonyl (C=O) groups is 1. The quantitative estimate of drug-likeness (QED) is 0.106. The molecule has 0 radical (unpaired) electrons. The predicted molar refractivity (Wildman–Crippen MR) is 174 cm³/mol. The number of benzene rings is 4. The minimum Gasteiger partial charge on any atom is -0.493 e. The molecule has 216 valence electrons. The summed E-state index contributed by atoms with van der Waals surface area (Å²) >= 11 is 2.97. The standard InChI is InChI=1S/C34H29N3O4S2/c1-21-10-4-5-11-23(21)32-24-12-6-8-14-27(24)41-33(22-16-17-28(39-2)29(18-22)40-3)25(32)19-35-37-31(38)20-42-34-36-26-13-7-9-15-30(26)43-34/h4-19,32H,20H2,1-3H3,(H,37,38)/b35-19+. The molecule has 0 fully saturated rings. The van der Waals surface area contributed by atoms with E-state index in [1.807, 2.05) is 72.8 Å². The lowest BCUT2D eigenvalue weighted by molar-refractivity contribution is -0.118. The molecule has 1 aliphatic rings. The van der Waals surface area contributed by atoms with Crippen LogP contribution in [-0.4, -0.2) is 37.1 Å². The zero-order valence-electron chi connectivity index (χ0n) is 23.9. The minimum atomic E-state index is -0.224. The number of fused-ring (bicyclic) bond motifs is 2. The summed E-state index contributed by atoms with van der Waals surface area (Å²) in [5.74, 6) is 2.36. The van der Waals surface area contributed by atoms with Gasteiger partial charge in [0.25, 0.3) is 5.91 Å². The van der Waals surface area contributed by atoms with E-state index in [-0.39, 0.29) is 17.6 Å². The highest BCUT2D eigenvalue weighted by molar-refractivity contribution is 8.01. The van der Waals surface area contributed by atoms with Gasteiger partial charge in [0.2, 0.25) is 0 Å². The molecule has 2 heterocycles. The number of thioether (sulfide) groups is 1. The first-order valence-corrected chi connectivity index (χ1v) is 15.4. The fourth-order valence-electron chi connectivity index (χ4n) is 5.11. The Balaban J connectivity index is 1.35. The zero-order valence-corrected chi connectivity index (χ0v) is 25.5. The Bertz CT molecular complexity index is 1830. The fraction of sp³-hybridized carbons (Fsp3) is 0.147. The average Bonchev–Trinajstić information content (AvgIpc) is 3.47. The SMILES string of the molecule is COc1ccc(C2=C(/C=N/NC(=O)CSc3nc4ccccc4s3)C(c3ccccc3C)c3ccccc3O2)cc1OC. The molecular formula is C34H29N3O4S2. The first-order chi connectivity index (χ1) is 21.1. The van der Waals surface area contributed by atoms with Crippen molar-refractivity contribution in [1.29, 1.82) is 0 Å². The molecule has 1 amide bonds. The Morgan fingerprint density at radius 3 is 2.51 bits per heavy atom. The van der Waals surface area contributed by atoms with E-state index >= 15 is 0 Å². The highest BCUT2D eigenvalue weighted by Crippen LogP contribution is 2.46. The molecule has 0 bridgehead atoms. The molecule has 43 heavy (non-hydrogen) atoms. The largest absolute Gasteiger partial charge is 0.493 e. The number of nitrogens with one attached hydrogen (secondary N) is 1. The maximum atomic E-state index is 12.8. The third kappa shape index (κ3) is 6.00. The van der Waals surface area contributed by atoms with Crippen molar-refractivity contribution in [2.24, 2.45) is 5.10 Å². The van der Waals surface area contributed by atoms with E-state index in [1.165, 1.54) is 11.8 Å². The van der Waals surface area contributed by atoms with Crippen molar-refractivity contribution < 1.29 is 19.0 Å². The van der Waals surface area contributed by atoms with Crippen LogP contribution in [0, 0.1) is 6.92 Å². The third-order valence-corrected chi connectivity index (χ3v) is 9.33. The molecule has 0 saturated heterocycles. The molecule has 5 aromatic rings. The molecule has 0 aliphatic carbocycles. The number of hydrogen-bond acceptors (Lipinski definition) is 8. The second-order valence-electron chi connectivity index (χ2n) is 9.81. The number of aryl methyl sites for hydroxylation is 1. The summed E-state index contributed by atoms with van der Waals surface area (Å²) in [6.45, 7) is 2.10. The molecule has 9 heteroatoms. The van der Waals surface area contributed by atoms with Crippen molar-refractivity contribution in [2.75, 3.05) is 20.0 Å². The van der Waals surface area contributed by atoms with Crippen LogP contribution in [0.15, 0.2) is 106 Å². The highest BCUT2D eigenvalue weighted by atomic mass is 32.2. The van der Waals surface area contributed by atoms with Gasteiger partial charge < -0.3 is 14.2 Å². The van der Waals surface area contributed by atoms with E-state index in [1.54, 1.807) is 31.8 Å². The monoisotopic (exact) mass is 607 g/mol. The summed E-state index contributed by atoms with van der Waals surface area (Å²) < 4.78 is 19.6. The minimum absolute atomic E-state index is 0.188. The number of ether oxygens (including phenoxy) is 3. The van der Waals surface area contributed by atoms with Crippen LogP contribution in [0.4, 0.5) is 0 Å². The van der Waals surface area contributed by atoms with Crippen LogP contribution in [-0.2, 0) is 4.79 Å². The third-order valence-electron chi connectivity index (χ3n) is 7.15. The second kappa shape index (κ2) is 12.7. The Morgan fingerprint density at radius 1 is 0.977 bits per heavy atom. The molecule has 1 unspecified atom stereocenters. The first-order valence-electron chi connectivity index (χ1n) is 13.6. The number of methoxy groups -OCH3 is 2.